The van der Waals surface area contributed by atoms with Crippen LogP contribution in [0, 0.1) is 0 Å². The zero-order valence-corrected chi connectivity index (χ0v) is 23.2. The number of hydrogen-bond donors (Lipinski definition) is 2. The summed E-state index contributed by atoms with van der Waals surface area (Å²) in [4.78, 5) is 38.7. The normalized spacial score (nSPS) is 23.8. The van der Waals surface area contributed by atoms with Crippen LogP contribution in [0.5, 0.6) is 0 Å². The average molecular weight is 533 g/mol. The van der Waals surface area contributed by atoms with E-state index in [0.717, 1.165) is 97.3 Å². The maximum Gasteiger partial charge on any atom is 0.160 e. The van der Waals surface area contributed by atoms with Crippen molar-refractivity contribution in [3.63, 3.8) is 0 Å². The van der Waals surface area contributed by atoms with Crippen molar-refractivity contribution in [1.29, 1.82) is 0 Å². The molecule has 0 radical (unpaired) electrons. The predicted octanol–water partition coefficient (Wildman–Crippen LogP) is 6.58. The van der Waals surface area contributed by atoms with Gasteiger partial charge in [-0.05, 0) is 89.9 Å². The van der Waals surface area contributed by atoms with Crippen molar-refractivity contribution in [3.8, 4) is 0 Å². The van der Waals surface area contributed by atoms with Crippen LogP contribution in [0.25, 0.3) is 33.7 Å². The van der Waals surface area contributed by atoms with Crippen molar-refractivity contribution in [1.82, 2.24) is 39.9 Å². The molecule has 204 valence electrons. The van der Waals surface area contributed by atoms with Gasteiger partial charge in [0.15, 0.2) is 11.6 Å². The van der Waals surface area contributed by atoms with Crippen LogP contribution >= 0.6 is 0 Å². The minimum Gasteiger partial charge on any atom is -0.324 e. The fourth-order valence-corrected chi connectivity index (χ4v) is 8.27. The van der Waals surface area contributed by atoms with Gasteiger partial charge in [-0.2, -0.15) is 0 Å². The van der Waals surface area contributed by atoms with Gasteiger partial charge in [-0.3, -0.25) is 0 Å². The highest BCUT2D eigenvalue weighted by Gasteiger charge is 2.37. The Morgan fingerprint density at radius 3 is 1.25 bits per heavy atom. The van der Waals surface area contributed by atoms with Gasteiger partial charge in [-0.1, -0.05) is 12.8 Å². The summed E-state index contributed by atoms with van der Waals surface area (Å²) in [6, 6.07) is 0. The molecule has 1 fully saturated rings. The molecule has 5 heterocycles. The van der Waals surface area contributed by atoms with Gasteiger partial charge in [-0.25, -0.2) is 29.9 Å². The van der Waals surface area contributed by atoms with Crippen LogP contribution in [0.4, 0.5) is 0 Å². The molecule has 8 nitrogen and oxygen atoms in total. The zero-order valence-electron chi connectivity index (χ0n) is 23.2. The Balaban J connectivity index is 1.40. The van der Waals surface area contributed by atoms with Crippen molar-refractivity contribution in [3.05, 3.63) is 45.6 Å². The van der Waals surface area contributed by atoms with Crippen molar-refractivity contribution < 1.29 is 0 Å². The maximum absolute atomic E-state index is 5.29. The number of hydrogen-bond acceptors (Lipinski definition) is 6. The van der Waals surface area contributed by atoms with Crippen molar-refractivity contribution >= 4 is 33.7 Å². The molecule has 8 bridgehead atoms. The molecular formula is C32H36N8. The molecule has 0 amide bonds. The molecular weight excluding hydrogens is 496 g/mol. The molecule has 0 saturated heterocycles. The Morgan fingerprint density at radius 2 is 0.800 bits per heavy atom. The second-order valence-corrected chi connectivity index (χ2v) is 12.7. The van der Waals surface area contributed by atoms with Crippen LogP contribution in [0.15, 0.2) is 0 Å². The van der Waals surface area contributed by atoms with Crippen molar-refractivity contribution in [2.75, 3.05) is 0 Å². The summed E-state index contributed by atoms with van der Waals surface area (Å²) in [6.07, 6.45) is 18.2. The number of fused-ring (bicyclic) bond motifs is 19. The highest BCUT2D eigenvalue weighted by Crippen LogP contribution is 2.45. The van der Waals surface area contributed by atoms with E-state index in [1.54, 1.807) is 0 Å². The molecule has 0 aromatic carbocycles. The topological polar surface area (TPSA) is 109 Å². The number of rotatable bonds is 0. The van der Waals surface area contributed by atoms with E-state index >= 15 is 0 Å². The van der Waals surface area contributed by atoms with Crippen molar-refractivity contribution in [2.24, 2.45) is 0 Å². The lowest BCUT2D eigenvalue weighted by Gasteiger charge is -2.23. The molecule has 3 aromatic rings. The standard InChI is InChI=1S/C32H36N8/c1-2-10-18-17(9-1)25-33-26(18)38-28-21-13-5-6-14-22(21)30(35-28)40-32-24-16-8-7-15-23(24)31(36-32)39-29-20-12-4-3-11-19(20)27(34-29)37-25/h17-18H,1-16H2,(H2,33,34,35,36,37,38,39,40)/t17-,18?/m0/s1. The fourth-order valence-electron chi connectivity index (χ4n) is 8.27. The summed E-state index contributed by atoms with van der Waals surface area (Å²) in [5.74, 6) is 4.35. The van der Waals surface area contributed by atoms with E-state index in [1.165, 1.54) is 84.8 Å². The monoisotopic (exact) mass is 532 g/mol. The van der Waals surface area contributed by atoms with E-state index in [0.29, 0.717) is 11.8 Å². The Hall–Kier alpha value is -3.42. The minimum atomic E-state index is 0.354. The molecule has 1 unspecified atom stereocenters. The van der Waals surface area contributed by atoms with Crippen LogP contribution in [0.1, 0.15) is 134 Å². The number of nitrogens with zero attached hydrogens (tertiary/aromatic N) is 6. The van der Waals surface area contributed by atoms with E-state index < -0.39 is 0 Å². The molecule has 40 heavy (non-hydrogen) atoms. The van der Waals surface area contributed by atoms with Crippen LogP contribution < -0.4 is 0 Å². The molecule has 2 aliphatic heterocycles. The SMILES string of the molecule is C1CCC2=C(C1)c1nc2nc2[nH]c(nc3nc(nc4[nH]c(n1)c1c4CCCC1)C1CCCC[C@H]31)c1c2CCCC1. The average Bonchev–Trinajstić information content (AvgIpc) is 3.73. The Labute approximate surface area is 233 Å². The summed E-state index contributed by atoms with van der Waals surface area (Å²) < 4.78 is 0. The quantitative estimate of drug-likeness (QED) is 0.339. The number of nitrogens with one attached hydrogen (secondary N) is 2. The summed E-state index contributed by atoms with van der Waals surface area (Å²) in [5, 5.41) is 0. The summed E-state index contributed by atoms with van der Waals surface area (Å²) >= 11 is 0. The zero-order chi connectivity index (χ0) is 26.2. The molecule has 2 N–H and O–H groups in total. The maximum atomic E-state index is 5.29. The van der Waals surface area contributed by atoms with Gasteiger partial charge in [0, 0.05) is 45.2 Å². The highest BCUT2D eigenvalue weighted by molar-refractivity contribution is 5.91. The summed E-state index contributed by atoms with van der Waals surface area (Å²) in [5.41, 5.74) is 11.7. The largest absolute Gasteiger partial charge is 0.324 e. The van der Waals surface area contributed by atoms with Crippen LogP contribution in [-0.4, -0.2) is 39.9 Å². The van der Waals surface area contributed by atoms with Crippen LogP contribution in [0.2, 0.25) is 0 Å². The second kappa shape index (κ2) is 9.05. The number of allylic oxidation sites excluding steroid dienone is 2. The van der Waals surface area contributed by atoms with E-state index in [-0.39, 0.29) is 0 Å². The fraction of sp³-hybridized carbons (Fsp3) is 0.562. The van der Waals surface area contributed by atoms with Gasteiger partial charge in [0.05, 0.1) is 0 Å². The first-order valence-corrected chi connectivity index (χ1v) is 15.8. The molecule has 0 spiro atoms. The molecule has 6 aliphatic rings. The highest BCUT2D eigenvalue weighted by atomic mass is 15.1. The Bertz CT molecular complexity index is 1620. The van der Waals surface area contributed by atoms with Gasteiger partial charge < -0.3 is 9.97 Å². The first-order chi connectivity index (χ1) is 19.8. The molecule has 8 heteroatoms. The van der Waals surface area contributed by atoms with Gasteiger partial charge in [0.2, 0.25) is 0 Å². The molecule has 3 aromatic heterocycles. The van der Waals surface area contributed by atoms with Gasteiger partial charge >= 0.3 is 0 Å². The molecule has 4 aliphatic carbocycles. The third-order valence-electron chi connectivity index (χ3n) is 10.3. The first-order valence-electron chi connectivity index (χ1n) is 15.8. The first kappa shape index (κ1) is 23.3. The summed E-state index contributed by atoms with van der Waals surface area (Å²) in [6.45, 7) is 0. The number of aryl methyl sites for hydroxylation is 4. The predicted molar refractivity (Wildman–Crippen MR) is 155 cm³/mol. The summed E-state index contributed by atoms with van der Waals surface area (Å²) in [7, 11) is 0. The van der Waals surface area contributed by atoms with Crippen molar-refractivity contribution in [2.45, 2.75) is 115 Å². The smallest absolute Gasteiger partial charge is 0.160 e. The molecule has 1 saturated carbocycles. The molecule has 2 atom stereocenters. The van der Waals surface area contributed by atoms with Crippen LogP contribution in [0.3, 0.4) is 0 Å². The Morgan fingerprint density at radius 1 is 0.400 bits per heavy atom. The van der Waals surface area contributed by atoms with E-state index in [9.17, 15) is 0 Å². The lowest BCUT2D eigenvalue weighted by Crippen LogP contribution is -2.12. The van der Waals surface area contributed by atoms with E-state index in [1.807, 2.05) is 0 Å². The van der Waals surface area contributed by atoms with Gasteiger partial charge in [0.25, 0.3) is 0 Å². The number of aromatic amines is 2. The lowest BCUT2D eigenvalue weighted by atomic mass is 9.80. The Kier molecular flexibility index (Phi) is 5.27. The third-order valence-corrected chi connectivity index (χ3v) is 10.3. The minimum absolute atomic E-state index is 0.354. The molecule has 9 rings (SSSR count). The van der Waals surface area contributed by atoms with Gasteiger partial charge in [0.1, 0.15) is 34.2 Å². The third kappa shape index (κ3) is 3.57. The number of H-pyrrole nitrogens is 2. The van der Waals surface area contributed by atoms with Gasteiger partial charge in [-0.15, -0.1) is 0 Å². The second-order valence-electron chi connectivity index (χ2n) is 12.7. The van der Waals surface area contributed by atoms with Crippen LogP contribution in [-0.2, 0) is 25.7 Å². The lowest BCUT2D eigenvalue weighted by molar-refractivity contribution is 0.391. The van der Waals surface area contributed by atoms with E-state index in [2.05, 4.69) is 9.97 Å². The van der Waals surface area contributed by atoms with E-state index in [4.69, 9.17) is 29.9 Å². The number of aromatic nitrogens is 8.